The lowest BCUT2D eigenvalue weighted by Crippen LogP contribution is -2.40. The molecule has 0 bridgehead atoms. The molecule has 1 aromatic carbocycles. The second-order valence-corrected chi connectivity index (χ2v) is 5.28. The van der Waals surface area contributed by atoms with E-state index in [0.29, 0.717) is 12.1 Å². The van der Waals surface area contributed by atoms with Crippen molar-refractivity contribution in [2.75, 3.05) is 13.2 Å². The van der Waals surface area contributed by atoms with E-state index in [0.717, 1.165) is 12.8 Å². The van der Waals surface area contributed by atoms with Gasteiger partial charge in [-0.25, -0.2) is 4.79 Å². The molecule has 5 nitrogen and oxygen atoms in total. The number of carboxylic acid groups (broad SMARTS) is 1. The van der Waals surface area contributed by atoms with E-state index in [-0.39, 0.29) is 29.9 Å². The zero-order chi connectivity index (χ0) is 15.9. The minimum atomic E-state index is -1.04. The molecule has 0 unspecified atom stereocenters. The van der Waals surface area contributed by atoms with Crippen LogP contribution in [0.5, 0.6) is 0 Å². The highest BCUT2D eigenvalue weighted by Gasteiger charge is 2.25. The normalized spacial score (nSPS) is 11.2. The first-order chi connectivity index (χ1) is 9.98. The Morgan fingerprint density at radius 2 is 1.81 bits per heavy atom. The lowest BCUT2D eigenvalue weighted by molar-refractivity contribution is -0.121. The van der Waals surface area contributed by atoms with Gasteiger partial charge in [-0.2, -0.15) is 0 Å². The third kappa shape index (κ3) is 4.56. The number of hydrogen-bond acceptors (Lipinski definition) is 3. The van der Waals surface area contributed by atoms with Gasteiger partial charge in [0.2, 0.25) is 5.91 Å². The van der Waals surface area contributed by atoms with Gasteiger partial charge in [0, 0.05) is 12.0 Å². The SMILES string of the molecule is CCC(CC)(CO)CNC(=O)Cc1ccccc1C(=O)O. The molecule has 1 aromatic rings. The van der Waals surface area contributed by atoms with Gasteiger partial charge in [0.05, 0.1) is 18.6 Å². The summed E-state index contributed by atoms with van der Waals surface area (Å²) in [6.07, 6.45) is 1.56. The fourth-order valence-corrected chi connectivity index (χ4v) is 2.18. The van der Waals surface area contributed by atoms with Crippen molar-refractivity contribution >= 4 is 11.9 Å². The number of benzene rings is 1. The van der Waals surface area contributed by atoms with Gasteiger partial charge >= 0.3 is 5.97 Å². The molecule has 0 heterocycles. The number of rotatable bonds is 8. The molecular weight excluding hydrogens is 270 g/mol. The van der Waals surface area contributed by atoms with Gasteiger partial charge in [0.25, 0.3) is 0 Å². The number of aliphatic hydroxyl groups is 1. The maximum absolute atomic E-state index is 12.0. The molecule has 3 N–H and O–H groups in total. The monoisotopic (exact) mass is 293 g/mol. The van der Waals surface area contributed by atoms with Crippen molar-refractivity contribution in [2.24, 2.45) is 5.41 Å². The van der Waals surface area contributed by atoms with Crippen molar-refractivity contribution in [2.45, 2.75) is 33.1 Å². The first-order valence-electron chi connectivity index (χ1n) is 7.16. The van der Waals surface area contributed by atoms with E-state index in [1.807, 2.05) is 13.8 Å². The minimum Gasteiger partial charge on any atom is -0.478 e. The standard InChI is InChI=1S/C16H23NO4/c1-3-16(4-2,11-18)10-17-14(19)9-12-7-5-6-8-13(12)15(20)21/h5-8,18H,3-4,9-11H2,1-2H3,(H,17,19)(H,20,21). The zero-order valence-electron chi connectivity index (χ0n) is 12.6. The second kappa shape index (κ2) is 7.78. The molecule has 0 spiro atoms. The Morgan fingerprint density at radius 3 is 2.33 bits per heavy atom. The number of carbonyl (C=O) groups is 2. The summed E-state index contributed by atoms with van der Waals surface area (Å²) in [6.45, 7) is 4.37. The van der Waals surface area contributed by atoms with Crippen molar-refractivity contribution in [3.05, 3.63) is 35.4 Å². The summed E-state index contributed by atoms with van der Waals surface area (Å²) in [6, 6.07) is 6.48. The molecule has 0 atom stereocenters. The zero-order valence-corrected chi connectivity index (χ0v) is 12.6. The van der Waals surface area contributed by atoms with E-state index in [4.69, 9.17) is 5.11 Å². The Hall–Kier alpha value is -1.88. The highest BCUT2D eigenvalue weighted by molar-refractivity contribution is 5.91. The number of nitrogens with one attached hydrogen (secondary N) is 1. The average Bonchev–Trinajstić information content (AvgIpc) is 2.49. The van der Waals surface area contributed by atoms with Crippen molar-refractivity contribution in [3.8, 4) is 0 Å². The molecule has 0 aliphatic heterocycles. The van der Waals surface area contributed by atoms with Gasteiger partial charge in [-0.3, -0.25) is 4.79 Å². The maximum atomic E-state index is 12.0. The van der Waals surface area contributed by atoms with Crippen molar-refractivity contribution in [1.29, 1.82) is 0 Å². The van der Waals surface area contributed by atoms with Crippen LogP contribution in [-0.2, 0) is 11.2 Å². The molecule has 0 aliphatic carbocycles. The summed E-state index contributed by atoms with van der Waals surface area (Å²) in [4.78, 5) is 23.1. The van der Waals surface area contributed by atoms with Gasteiger partial charge in [-0.1, -0.05) is 32.0 Å². The third-order valence-electron chi connectivity index (χ3n) is 4.09. The molecule has 0 aliphatic rings. The van der Waals surface area contributed by atoms with E-state index in [1.54, 1.807) is 18.2 Å². The molecule has 0 saturated heterocycles. The van der Waals surface area contributed by atoms with Crippen LogP contribution < -0.4 is 5.32 Å². The second-order valence-electron chi connectivity index (χ2n) is 5.28. The lowest BCUT2D eigenvalue weighted by atomic mass is 9.83. The number of carbonyl (C=O) groups excluding carboxylic acids is 1. The quantitative estimate of drug-likeness (QED) is 0.682. The van der Waals surface area contributed by atoms with Crippen LogP contribution in [0.25, 0.3) is 0 Å². The van der Waals surface area contributed by atoms with Gasteiger partial charge in [-0.05, 0) is 24.5 Å². The molecule has 0 saturated carbocycles. The van der Waals surface area contributed by atoms with E-state index in [9.17, 15) is 14.7 Å². The van der Waals surface area contributed by atoms with Gasteiger partial charge in [-0.15, -0.1) is 0 Å². The number of aliphatic hydroxyl groups excluding tert-OH is 1. The third-order valence-corrected chi connectivity index (χ3v) is 4.09. The highest BCUT2D eigenvalue weighted by atomic mass is 16.4. The Balaban J connectivity index is 2.69. The summed E-state index contributed by atoms with van der Waals surface area (Å²) in [5, 5.41) is 21.4. The molecule has 1 amide bonds. The van der Waals surface area contributed by atoms with Crippen molar-refractivity contribution in [1.82, 2.24) is 5.32 Å². The first kappa shape index (κ1) is 17.2. The fraction of sp³-hybridized carbons (Fsp3) is 0.500. The van der Waals surface area contributed by atoms with E-state index in [1.165, 1.54) is 6.07 Å². The largest absolute Gasteiger partial charge is 0.478 e. The maximum Gasteiger partial charge on any atom is 0.335 e. The molecule has 5 heteroatoms. The van der Waals surface area contributed by atoms with E-state index >= 15 is 0 Å². The topological polar surface area (TPSA) is 86.6 Å². The van der Waals surface area contributed by atoms with Gasteiger partial charge in [0.15, 0.2) is 0 Å². The number of hydrogen-bond donors (Lipinski definition) is 3. The first-order valence-corrected chi connectivity index (χ1v) is 7.16. The van der Waals surface area contributed by atoms with E-state index < -0.39 is 5.97 Å². The van der Waals surface area contributed by atoms with Crippen LogP contribution in [-0.4, -0.2) is 35.2 Å². The molecule has 1 rings (SSSR count). The smallest absolute Gasteiger partial charge is 0.335 e. The fourth-order valence-electron chi connectivity index (χ4n) is 2.18. The molecule has 116 valence electrons. The summed E-state index contributed by atoms with van der Waals surface area (Å²) in [5.74, 6) is -1.27. The Bertz CT molecular complexity index is 487. The summed E-state index contributed by atoms with van der Waals surface area (Å²) in [5.41, 5.74) is 0.333. The molecular formula is C16H23NO4. The van der Waals surface area contributed by atoms with Crippen LogP contribution in [0.2, 0.25) is 0 Å². The predicted octanol–water partition coefficient (Wildman–Crippen LogP) is 1.84. The lowest BCUT2D eigenvalue weighted by Gasteiger charge is -2.29. The summed E-state index contributed by atoms with van der Waals surface area (Å²) >= 11 is 0. The van der Waals surface area contributed by atoms with Crippen LogP contribution in [0.4, 0.5) is 0 Å². The highest BCUT2D eigenvalue weighted by Crippen LogP contribution is 2.24. The Labute approximate surface area is 125 Å². The summed E-state index contributed by atoms with van der Waals surface area (Å²) in [7, 11) is 0. The number of aromatic carboxylic acids is 1. The Morgan fingerprint density at radius 1 is 1.19 bits per heavy atom. The van der Waals surface area contributed by atoms with Crippen LogP contribution in [0.3, 0.4) is 0 Å². The van der Waals surface area contributed by atoms with Crippen molar-refractivity contribution < 1.29 is 19.8 Å². The van der Waals surface area contributed by atoms with Crippen molar-refractivity contribution in [3.63, 3.8) is 0 Å². The summed E-state index contributed by atoms with van der Waals surface area (Å²) < 4.78 is 0. The van der Waals surface area contributed by atoms with Gasteiger partial charge < -0.3 is 15.5 Å². The Kier molecular flexibility index (Phi) is 6.37. The predicted molar refractivity (Wildman–Crippen MR) is 80.2 cm³/mol. The molecule has 0 aromatic heterocycles. The van der Waals surface area contributed by atoms with Crippen LogP contribution in [0, 0.1) is 5.41 Å². The number of carboxylic acids is 1. The van der Waals surface area contributed by atoms with Crippen LogP contribution in [0.15, 0.2) is 24.3 Å². The van der Waals surface area contributed by atoms with Crippen LogP contribution in [0.1, 0.15) is 42.6 Å². The van der Waals surface area contributed by atoms with Crippen LogP contribution >= 0.6 is 0 Å². The molecule has 0 fully saturated rings. The van der Waals surface area contributed by atoms with E-state index in [2.05, 4.69) is 5.32 Å². The van der Waals surface area contributed by atoms with Gasteiger partial charge in [0.1, 0.15) is 0 Å². The molecule has 21 heavy (non-hydrogen) atoms. The average molecular weight is 293 g/mol. The number of amides is 1. The minimum absolute atomic E-state index is 0.0198. The molecule has 0 radical (unpaired) electrons.